The minimum atomic E-state index is -0.454. The number of tetrazole rings is 1. The molecule has 0 amide bonds. The molecule has 0 fully saturated rings. The van der Waals surface area contributed by atoms with Gasteiger partial charge >= 0.3 is 0 Å². The monoisotopic (exact) mass is 295 g/mol. The van der Waals surface area contributed by atoms with Crippen LogP contribution in [0.1, 0.15) is 6.42 Å². The van der Waals surface area contributed by atoms with Gasteiger partial charge in [0.05, 0.1) is 18.9 Å². The lowest BCUT2D eigenvalue weighted by Gasteiger charge is -2.06. The van der Waals surface area contributed by atoms with E-state index in [0.717, 1.165) is 6.42 Å². The molecular weight excluding hydrogens is 277 g/mol. The second-order valence-electron chi connectivity index (χ2n) is 4.42. The summed E-state index contributed by atoms with van der Waals surface area (Å²) in [4.78, 5) is 0. The summed E-state index contributed by atoms with van der Waals surface area (Å²) in [6.07, 6.45) is 0.762. The number of benzene rings is 1. The summed E-state index contributed by atoms with van der Waals surface area (Å²) < 4.78 is 25.1. The predicted octanol–water partition coefficient (Wildman–Crippen LogP) is 1.11. The van der Waals surface area contributed by atoms with Crippen LogP contribution in [0.2, 0.25) is 0 Å². The van der Waals surface area contributed by atoms with Crippen LogP contribution in [0.15, 0.2) is 18.2 Å². The van der Waals surface area contributed by atoms with Gasteiger partial charge in [0.1, 0.15) is 5.82 Å². The zero-order chi connectivity index (χ0) is 15.1. The molecule has 0 radical (unpaired) electrons. The lowest BCUT2D eigenvalue weighted by atomic mass is 10.2. The molecule has 2 N–H and O–H groups in total. The van der Waals surface area contributed by atoms with Crippen molar-refractivity contribution in [3.05, 3.63) is 24.0 Å². The van der Waals surface area contributed by atoms with Gasteiger partial charge in [0, 0.05) is 25.8 Å². The van der Waals surface area contributed by atoms with Gasteiger partial charge in [-0.1, -0.05) is 0 Å². The van der Waals surface area contributed by atoms with Crippen LogP contribution in [0.5, 0.6) is 0 Å². The van der Waals surface area contributed by atoms with Crippen molar-refractivity contribution in [3.8, 4) is 11.4 Å². The van der Waals surface area contributed by atoms with E-state index in [0.29, 0.717) is 37.8 Å². The second-order valence-corrected chi connectivity index (χ2v) is 4.42. The Labute approximate surface area is 121 Å². The molecular formula is C13H18FN5O2. The Bertz CT molecular complexity index is 575. The Morgan fingerprint density at radius 2 is 2.14 bits per heavy atom. The highest BCUT2D eigenvalue weighted by molar-refractivity contribution is 5.61. The molecule has 0 bridgehead atoms. The summed E-state index contributed by atoms with van der Waals surface area (Å²) >= 11 is 0. The molecule has 2 rings (SSSR count). The van der Waals surface area contributed by atoms with Crippen molar-refractivity contribution >= 4 is 5.69 Å². The maximum Gasteiger partial charge on any atom is 0.182 e. The Morgan fingerprint density at radius 1 is 1.29 bits per heavy atom. The average molecular weight is 295 g/mol. The lowest BCUT2D eigenvalue weighted by molar-refractivity contribution is 0.0677. The van der Waals surface area contributed by atoms with Crippen molar-refractivity contribution in [3.63, 3.8) is 0 Å². The third-order valence-corrected chi connectivity index (χ3v) is 2.88. The molecule has 114 valence electrons. The first-order valence-corrected chi connectivity index (χ1v) is 6.60. The molecule has 8 heteroatoms. The van der Waals surface area contributed by atoms with E-state index < -0.39 is 5.82 Å². The van der Waals surface area contributed by atoms with Crippen molar-refractivity contribution in [2.75, 3.05) is 32.7 Å². The maximum absolute atomic E-state index is 13.2. The lowest BCUT2D eigenvalue weighted by Crippen LogP contribution is -2.08. The molecule has 2 aromatic rings. The van der Waals surface area contributed by atoms with Gasteiger partial charge in [0.25, 0.3) is 0 Å². The van der Waals surface area contributed by atoms with Crippen molar-refractivity contribution in [1.82, 2.24) is 20.2 Å². The van der Waals surface area contributed by atoms with Gasteiger partial charge in [0.2, 0.25) is 0 Å². The number of rotatable bonds is 8. The van der Waals surface area contributed by atoms with E-state index in [1.807, 2.05) is 0 Å². The normalized spacial score (nSPS) is 11.0. The first kappa shape index (κ1) is 15.3. The van der Waals surface area contributed by atoms with Gasteiger partial charge in [-0.2, -0.15) is 0 Å². The third kappa shape index (κ3) is 4.20. The molecule has 0 unspecified atom stereocenters. The average Bonchev–Trinajstić information content (AvgIpc) is 2.94. The minimum Gasteiger partial charge on any atom is -0.396 e. The van der Waals surface area contributed by atoms with Gasteiger partial charge in [-0.25, -0.2) is 9.07 Å². The zero-order valence-electron chi connectivity index (χ0n) is 11.8. The van der Waals surface area contributed by atoms with Crippen LogP contribution in [0, 0.1) is 5.82 Å². The first-order chi connectivity index (χ1) is 10.2. The number of methoxy groups -OCH3 is 1. The highest BCUT2D eigenvalue weighted by atomic mass is 19.1. The maximum atomic E-state index is 13.2. The largest absolute Gasteiger partial charge is 0.396 e. The van der Waals surface area contributed by atoms with Gasteiger partial charge in [-0.05, 0) is 35.0 Å². The van der Waals surface area contributed by atoms with Crippen molar-refractivity contribution in [2.24, 2.45) is 0 Å². The molecule has 0 aliphatic heterocycles. The SMILES string of the molecule is COCCOCCCn1nnnc1-c1ccc(F)c(N)c1. The van der Waals surface area contributed by atoms with Crippen LogP contribution in [0.25, 0.3) is 11.4 Å². The van der Waals surface area contributed by atoms with Crippen LogP contribution < -0.4 is 5.73 Å². The first-order valence-electron chi connectivity index (χ1n) is 6.60. The molecule has 0 saturated heterocycles. The quantitative estimate of drug-likeness (QED) is 0.580. The summed E-state index contributed by atoms with van der Waals surface area (Å²) in [5, 5.41) is 11.5. The molecule has 0 saturated carbocycles. The molecule has 7 nitrogen and oxygen atoms in total. The highest BCUT2D eigenvalue weighted by Gasteiger charge is 2.10. The Morgan fingerprint density at radius 3 is 2.90 bits per heavy atom. The number of hydrogen-bond acceptors (Lipinski definition) is 6. The van der Waals surface area contributed by atoms with E-state index in [4.69, 9.17) is 15.2 Å². The summed E-state index contributed by atoms with van der Waals surface area (Å²) in [6.45, 7) is 2.33. The number of hydrogen-bond donors (Lipinski definition) is 1. The predicted molar refractivity (Wildman–Crippen MR) is 74.9 cm³/mol. The molecule has 0 atom stereocenters. The molecule has 0 spiro atoms. The van der Waals surface area contributed by atoms with E-state index in [2.05, 4.69) is 15.5 Å². The van der Waals surface area contributed by atoms with Gasteiger partial charge in [-0.3, -0.25) is 0 Å². The van der Waals surface area contributed by atoms with Crippen molar-refractivity contribution in [2.45, 2.75) is 13.0 Å². The fourth-order valence-electron chi connectivity index (χ4n) is 1.81. The standard InChI is InChI=1S/C13H18FN5O2/c1-20-7-8-21-6-2-5-19-13(16-17-18-19)10-3-4-11(14)12(15)9-10/h3-4,9H,2,5-8,15H2,1H3. The van der Waals surface area contributed by atoms with E-state index in [1.165, 1.54) is 12.1 Å². The number of aromatic nitrogens is 4. The number of nitrogens with zero attached hydrogens (tertiary/aromatic N) is 4. The third-order valence-electron chi connectivity index (χ3n) is 2.88. The molecule has 1 aromatic heterocycles. The number of nitrogens with two attached hydrogens (primary N) is 1. The van der Waals surface area contributed by atoms with E-state index >= 15 is 0 Å². The summed E-state index contributed by atoms with van der Waals surface area (Å²) in [6, 6.07) is 4.42. The summed E-state index contributed by atoms with van der Waals surface area (Å²) in [5.74, 6) is 0.0999. The number of anilines is 1. The van der Waals surface area contributed by atoms with E-state index in [1.54, 1.807) is 17.9 Å². The number of ether oxygens (including phenoxy) is 2. The van der Waals surface area contributed by atoms with Gasteiger partial charge in [0.15, 0.2) is 5.82 Å². The van der Waals surface area contributed by atoms with Gasteiger partial charge < -0.3 is 15.2 Å². The van der Waals surface area contributed by atoms with Crippen LogP contribution in [0.3, 0.4) is 0 Å². The van der Waals surface area contributed by atoms with Crippen LogP contribution in [-0.4, -0.2) is 47.1 Å². The summed E-state index contributed by atoms with van der Waals surface area (Å²) in [5.41, 5.74) is 6.31. The molecule has 1 aromatic carbocycles. The fraction of sp³-hybridized carbons (Fsp3) is 0.462. The Balaban J connectivity index is 1.93. The molecule has 0 aliphatic carbocycles. The van der Waals surface area contributed by atoms with Crippen LogP contribution in [0.4, 0.5) is 10.1 Å². The van der Waals surface area contributed by atoms with Crippen molar-refractivity contribution < 1.29 is 13.9 Å². The topological polar surface area (TPSA) is 88.1 Å². The van der Waals surface area contributed by atoms with Crippen LogP contribution in [-0.2, 0) is 16.0 Å². The Hall–Kier alpha value is -2.06. The fourth-order valence-corrected chi connectivity index (χ4v) is 1.81. The number of aryl methyl sites for hydroxylation is 1. The molecule has 1 heterocycles. The summed E-state index contributed by atoms with van der Waals surface area (Å²) in [7, 11) is 1.63. The number of halogens is 1. The number of nitrogen functional groups attached to an aromatic ring is 1. The Kier molecular flexibility index (Phi) is 5.59. The smallest absolute Gasteiger partial charge is 0.182 e. The second kappa shape index (κ2) is 7.65. The van der Waals surface area contributed by atoms with Gasteiger partial charge in [-0.15, -0.1) is 5.10 Å². The van der Waals surface area contributed by atoms with E-state index in [9.17, 15) is 4.39 Å². The van der Waals surface area contributed by atoms with E-state index in [-0.39, 0.29) is 5.69 Å². The van der Waals surface area contributed by atoms with Crippen molar-refractivity contribution in [1.29, 1.82) is 0 Å². The zero-order valence-corrected chi connectivity index (χ0v) is 11.8. The molecule has 21 heavy (non-hydrogen) atoms. The van der Waals surface area contributed by atoms with Crippen LogP contribution >= 0.6 is 0 Å². The minimum absolute atomic E-state index is 0.0740. The molecule has 0 aliphatic rings. The highest BCUT2D eigenvalue weighted by Crippen LogP contribution is 2.20.